The fourth-order valence-electron chi connectivity index (χ4n) is 2.09. The molecule has 0 atom stereocenters. The van der Waals surface area contributed by atoms with E-state index < -0.39 is 0 Å². The lowest BCUT2D eigenvalue weighted by atomic mass is 9.89. The Hall–Kier alpha value is -1.59. The van der Waals surface area contributed by atoms with E-state index in [0.29, 0.717) is 5.92 Å². The lowest BCUT2D eigenvalue weighted by molar-refractivity contribution is 0.0933. The van der Waals surface area contributed by atoms with E-state index in [-0.39, 0.29) is 17.7 Å². The maximum Gasteiger partial charge on any atom is 0.288 e. The minimum absolute atomic E-state index is 0.0998. The molecule has 6 nitrogen and oxygen atoms in total. The molecule has 1 saturated carbocycles. The highest BCUT2D eigenvalue weighted by molar-refractivity contribution is 5.90. The van der Waals surface area contributed by atoms with Gasteiger partial charge in [0.2, 0.25) is 11.8 Å². The standard InChI is InChI=1S/C10H17N5O/c11-10-13-8(14-15-10)9(16)12-6-7-4-2-1-3-5-7/h7H,1-6H2,(H,12,16)(H3,11,13,14,15). The molecule has 0 aromatic carbocycles. The van der Waals surface area contributed by atoms with Crippen molar-refractivity contribution in [3.05, 3.63) is 5.82 Å². The summed E-state index contributed by atoms with van der Waals surface area (Å²) in [5.41, 5.74) is 5.32. The highest BCUT2D eigenvalue weighted by Crippen LogP contribution is 2.22. The Kier molecular flexibility index (Phi) is 3.38. The zero-order valence-corrected chi connectivity index (χ0v) is 9.20. The number of carbonyl (C=O) groups is 1. The molecule has 0 radical (unpaired) electrons. The van der Waals surface area contributed by atoms with Gasteiger partial charge in [-0.05, 0) is 18.8 Å². The third kappa shape index (κ3) is 2.71. The first-order valence-electron chi connectivity index (χ1n) is 5.72. The maximum atomic E-state index is 11.6. The van der Waals surface area contributed by atoms with Gasteiger partial charge in [-0.25, -0.2) is 0 Å². The molecule has 0 unspecified atom stereocenters. The molecule has 6 heteroatoms. The second-order valence-corrected chi connectivity index (χ2v) is 4.26. The van der Waals surface area contributed by atoms with Gasteiger partial charge in [0, 0.05) is 6.54 Å². The van der Waals surface area contributed by atoms with Crippen molar-refractivity contribution in [1.29, 1.82) is 0 Å². The Morgan fingerprint density at radius 3 is 2.81 bits per heavy atom. The molecule has 0 bridgehead atoms. The van der Waals surface area contributed by atoms with Gasteiger partial charge in [0.25, 0.3) is 5.91 Å². The summed E-state index contributed by atoms with van der Waals surface area (Å²) in [7, 11) is 0. The van der Waals surface area contributed by atoms with Crippen molar-refractivity contribution in [3.63, 3.8) is 0 Å². The van der Waals surface area contributed by atoms with Crippen LogP contribution in [-0.2, 0) is 0 Å². The largest absolute Gasteiger partial charge is 0.366 e. The van der Waals surface area contributed by atoms with Gasteiger partial charge in [0.1, 0.15) is 0 Å². The normalized spacial score (nSPS) is 17.2. The molecule has 16 heavy (non-hydrogen) atoms. The number of rotatable bonds is 3. The summed E-state index contributed by atoms with van der Waals surface area (Å²) in [5.74, 6) is 0.670. The van der Waals surface area contributed by atoms with Crippen molar-refractivity contribution in [2.45, 2.75) is 32.1 Å². The summed E-state index contributed by atoms with van der Waals surface area (Å²) in [6.45, 7) is 0.722. The van der Waals surface area contributed by atoms with Crippen LogP contribution >= 0.6 is 0 Å². The van der Waals surface area contributed by atoms with Gasteiger partial charge in [-0.15, -0.1) is 5.10 Å². The number of carbonyl (C=O) groups excluding carboxylic acids is 1. The average molecular weight is 223 g/mol. The van der Waals surface area contributed by atoms with E-state index in [4.69, 9.17) is 5.73 Å². The fourth-order valence-corrected chi connectivity index (χ4v) is 2.09. The number of amides is 1. The van der Waals surface area contributed by atoms with Crippen LogP contribution < -0.4 is 11.1 Å². The van der Waals surface area contributed by atoms with E-state index >= 15 is 0 Å². The Balaban J connectivity index is 1.79. The predicted octanol–water partition coefficient (Wildman–Crippen LogP) is 0.697. The summed E-state index contributed by atoms with van der Waals surface area (Å²) in [4.78, 5) is 15.4. The molecule has 1 fully saturated rings. The fraction of sp³-hybridized carbons (Fsp3) is 0.700. The summed E-state index contributed by atoms with van der Waals surface area (Å²) < 4.78 is 0. The van der Waals surface area contributed by atoms with Gasteiger partial charge in [-0.3, -0.25) is 9.89 Å². The Bertz CT molecular complexity index is 356. The number of aromatic nitrogens is 3. The van der Waals surface area contributed by atoms with E-state index in [9.17, 15) is 4.79 Å². The number of aromatic amines is 1. The molecule has 1 amide bonds. The van der Waals surface area contributed by atoms with Crippen LogP contribution in [0.2, 0.25) is 0 Å². The van der Waals surface area contributed by atoms with Gasteiger partial charge < -0.3 is 11.1 Å². The quantitative estimate of drug-likeness (QED) is 0.702. The maximum absolute atomic E-state index is 11.6. The lowest BCUT2D eigenvalue weighted by Crippen LogP contribution is -2.31. The summed E-state index contributed by atoms with van der Waals surface area (Å²) in [5, 5.41) is 8.96. The molecule has 88 valence electrons. The van der Waals surface area contributed by atoms with Crippen LogP contribution in [0.15, 0.2) is 0 Å². The molecule has 0 spiro atoms. The Morgan fingerprint density at radius 2 is 2.19 bits per heavy atom. The van der Waals surface area contributed by atoms with Crippen LogP contribution in [0.25, 0.3) is 0 Å². The molecule has 0 saturated heterocycles. The first-order valence-corrected chi connectivity index (χ1v) is 5.72. The number of hydrogen-bond acceptors (Lipinski definition) is 4. The molecule has 2 rings (SSSR count). The molecule has 1 aromatic heterocycles. The number of nitrogens with two attached hydrogens (primary N) is 1. The van der Waals surface area contributed by atoms with Gasteiger partial charge in [0.15, 0.2) is 0 Å². The van der Waals surface area contributed by atoms with Crippen molar-refractivity contribution in [1.82, 2.24) is 20.5 Å². The van der Waals surface area contributed by atoms with Crippen molar-refractivity contribution in [3.8, 4) is 0 Å². The van der Waals surface area contributed by atoms with E-state index in [1.54, 1.807) is 0 Å². The summed E-state index contributed by atoms with van der Waals surface area (Å²) in [6.07, 6.45) is 6.28. The molecule has 1 aliphatic rings. The number of nitrogens with zero attached hydrogens (tertiary/aromatic N) is 2. The van der Waals surface area contributed by atoms with Crippen LogP contribution in [0.3, 0.4) is 0 Å². The highest BCUT2D eigenvalue weighted by atomic mass is 16.2. The van der Waals surface area contributed by atoms with Crippen LogP contribution in [0.1, 0.15) is 42.7 Å². The van der Waals surface area contributed by atoms with Crippen molar-refractivity contribution >= 4 is 11.9 Å². The monoisotopic (exact) mass is 223 g/mol. The molecule has 4 N–H and O–H groups in total. The number of hydrogen-bond donors (Lipinski definition) is 3. The Morgan fingerprint density at radius 1 is 1.44 bits per heavy atom. The van der Waals surface area contributed by atoms with Gasteiger partial charge >= 0.3 is 0 Å². The zero-order valence-electron chi connectivity index (χ0n) is 9.20. The molecule has 0 aliphatic heterocycles. The van der Waals surface area contributed by atoms with Gasteiger partial charge in [0.05, 0.1) is 0 Å². The average Bonchev–Trinajstić information content (AvgIpc) is 2.74. The molecule has 1 aromatic rings. The van der Waals surface area contributed by atoms with Crippen molar-refractivity contribution < 1.29 is 4.79 Å². The minimum Gasteiger partial charge on any atom is -0.366 e. The lowest BCUT2D eigenvalue weighted by Gasteiger charge is -2.21. The first-order chi connectivity index (χ1) is 7.75. The van der Waals surface area contributed by atoms with Crippen LogP contribution in [0.5, 0.6) is 0 Å². The van der Waals surface area contributed by atoms with E-state index in [1.807, 2.05) is 0 Å². The molecule has 1 aliphatic carbocycles. The third-order valence-corrected chi connectivity index (χ3v) is 2.99. The third-order valence-electron chi connectivity index (χ3n) is 2.99. The SMILES string of the molecule is Nc1n[nH]c(C(=O)NCC2CCCCC2)n1. The number of nitrogen functional groups attached to an aromatic ring is 1. The van der Waals surface area contributed by atoms with Gasteiger partial charge in [-0.1, -0.05) is 19.3 Å². The van der Waals surface area contributed by atoms with E-state index in [1.165, 1.54) is 32.1 Å². The van der Waals surface area contributed by atoms with Gasteiger partial charge in [-0.2, -0.15) is 4.98 Å². The van der Waals surface area contributed by atoms with Crippen LogP contribution in [0, 0.1) is 5.92 Å². The van der Waals surface area contributed by atoms with Crippen molar-refractivity contribution in [2.75, 3.05) is 12.3 Å². The number of H-pyrrole nitrogens is 1. The van der Waals surface area contributed by atoms with Crippen LogP contribution in [0.4, 0.5) is 5.95 Å². The Labute approximate surface area is 94.0 Å². The summed E-state index contributed by atoms with van der Waals surface area (Å²) in [6, 6.07) is 0. The minimum atomic E-state index is -0.227. The molecular formula is C10H17N5O. The van der Waals surface area contributed by atoms with Crippen molar-refractivity contribution in [2.24, 2.45) is 5.92 Å². The van der Waals surface area contributed by atoms with Crippen LogP contribution in [-0.4, -0.2) is 27.6 Å². The number of anilines is 1. The molecule has 1 heterocycles. The second-order valence-electron chi connectivity index (χ2n) is 4.26. The number of nitrogens with one attached hydrogen (secondary N) is 2. The summed E-state index contributed by atoms with van der Waals surface area (Å²) >= 11 is 0. The zero-order chi connectivity index (χ0) is 11.4. The smallest absolute Gasteiger partial charge is 0.288 e. The van der Waals surface area contributed by atoms with E-state index in [0.717, 1.165) is 6.54 Å². The topological polar surface area (TPSA) is 96.7 Å². The first kappa shape index (κ1) is 10.9. The molecular weight excluding hydrogens is 206 g/mol. The second kappa shape index (κ2) is 4.96. The highest BCUT2D eigenvalue weighted by Gasteiger charge is 2.16. The predicted molar refractivity (Wildman–Crippen MR) is 59.7 cm³/mol. The van der Waals surface area contributed by atoms with E-state index in [2.05, 4.69) is 20.5 Å².